The van der Waals surface area contributed by atoms with E-state index in [0.717, 1.165) is 29.1 Å². The Kier molecular flexibility index (Phi) is 7.06. The van der Waals surface area contributed by atoms with Gasteiger partial charge >= 0.3 is 11.9 Å². The van der Waals surface area contributed by atoms with Gasteiger partial charge in [-0.15, -0.1) is 0 Å². The van der Waals surface area contributed by atoms with Gasteiger partial charge in [0.1, 0.15) is 6.07 Å². The molecule has 0 saturated carbocycles. The van der Waals surface area contributed by atoms with Gasteiger partial charge in [0.2, 0.25) is 5.75 Å². The molecule has 0 N–H and O–H groups in total. The van der Waals surface area contributed by atoms with Crippen LogP contribution in [0.2, 0.25) is 0 Å². The van der Waals surface area contributed by atoms with Crippen molar-refractivity contribution in [1.29, 1.82) is 5.26 Å². The molecule has 0 aliphatic heterocycles. The summed E-state index contributed by atoms with van der Waals surface area (Å²) in [6, 6.07) is 14.6. The second-order valence-electron chi connectivity index (χ2n) is 7.67. The van der Waals surface area contributed by atoms with E-state index in [-0.39, 0.29) is 39.4 Å². The normalized spacial score (nSPS) is 11.4. The number of aromatic nitrogens is 2. The molecule has 192 valence electrons. The van der Waals surface area contributed by atoms with E-state index in [2.05, 4.69) is 10.1 Å². The zero-order valence-electron chi connectivity index (χ0n) is 19.5. The average molecular weight is 523 g/mol. The van der Waals surface area contributed by atoms with Crippen LogP contribution < -0.4 is 15.0 Å². The van der Waals surface area contributed by atoms with Crippen LogP contribution in [0.4, 0.5) is 18.9 Å². The summed E-state index contributed by atoms with van der Waals surface area (Å²) in [4.78, 5) is 28.5. The van der Waals surface area contributed by atoms with Crippen LogP contribution in [0.5, 0.6) is 11.5 Å². The lowest BCUT2D eigenvalue weighted by Crippen LogP contribution is -2.20. The predicted molar refractivity (Wildman–Crippen MR) is 130 cm³/mol. The summed E-state index contributed by atoms with van der Waals surface area (Å²) in [6.07, 6.45) is -3.54. The second kappa shape index (κ2) is 10.4. The molecule has 0 radical (unpaired) electrons. The molecule has 0 bridgehead atoms. The topological polar surface area (TPSA) is 133 Å². The van der Waals surface area contributed by atoms with E-state index in [0.29, 0.717) is 0 Å². The summed E-state index contributed by atoms with van der Waals surface area (Å²) in [7, 11) is 1.24. The minimum atomic E-state index is -4.63. The molecule has 4 aromatic rings. The van der Waals surface area contributed by atoms with E-state index < -0.39 is 34.5 Å². The molecule has 13 heteroatoms. The fourth-order valence-electron chi connectivity index (χ4n) is 3.60. The number of hydrogen-bond donors (Lipinski definition) is 0. The SMILES string of the molecule is COc1cc(C=Nn2c(-c3cccc(C(F)(F)F)c3)nc3ccccc3c2=O)cc([N+](=O)[O-])c1OCC#N. The third-order valence-corrected chi connectivity index (χ3v) is 5.28. The van der Waals surface area contributed by atoms with Crippen LogP contribution in [0.15, 0.2) is 70.6 Å². The van der Waals surface area contributed by atoms with Crippen LogP contribution in [0, 0.1) is 21.4 Å². The number of benzene rings is 3. The lowest BCUT2D eigenvalue weighted by molar-refractivity contribution is -0.385. The van der Waals surface area contributed by atoms with Crippen molar-refractivity contribution in [2.75, 3.05) is 13.7 Å². The van der Waals surface area contributed by atoms with Crippen molar-refractivity contribution in [3.05, 3.63) is 92.3 Å². The van der Waals surface area contributed by atoms with Crippen LogP contribution in [-0.4, -0.2) is 34.5 Å². The molecule has 0 atom stereocenters. The highest BCUT2D eigenvalue weighted by molar-refractivity contribution is 5.84. The minimum absolute atomic E-state index is 0.0244. The third kappa shape index (κ3) is 5.14. The van der Waals surface area contributed by atoms with Crippen LogP contribution >= 0.6 is 0 Å². The van der Waals surface area contributed by atoms with Crippen LogP contribution in [0.3, 0.4) is 0 Å². The molecular weight excluding hydrogens is 507 g/mol. The molecular formula is C25H16F3N5O5. The van der Waals surface area contributed by atoms with Crippen molar-refractivity contribution in [2.24, 2.45) is 5.10 Å². The number of fused-ring (bicyclic) bond motifs is 1. The van der Waals surface area contributed by atoms with Crippen LogP contribution in [0.25, 0.3) is 22.3 Å². The van der Waals surface area contributed by atoms with Crippen LogP contribution in [0.1, 0.15) is 11.1 Å². The molecule has 0 amide bonds. The number of hydrogen-bond acceptors (Lipinski definition) is 8. The highest BCUT2D eigenvalue weighted by Gasteiger charge is 2.31. The highest BCUT2D eigenvalue weighted by Crippen LogP contribution is 2.38. The molecule has 0 aliphatic rings. The van der Waals surface area contributed by atoms with Crippen molar-refractivity contribution < 1.29 is 27.6 Å². The van der Waals surface area contributed by atoms with Crippen molar-refractivity contribution in [2.45, 2.75) is 6.18 Å². The first kappa shape index (κ1) is 25.8. The van der Waals surface area contributed by atoms with Gasteiger partial charge in [-0.3, -0.25) is 14.9 Å². The number of rotatable bonds is 7. The summed E-state index contributed by atoms with van der Waals surface area (Å²) in [5, 5.41) is 24.7. The average Bonchev–Trinajstić information content (AvgIpc) is 2.90. The maximum absolute atomic E-state index is 13.4. The Morgan fingerprint density at radius 3 is 2.63 bits per heavy atom. The van der Waals surface area contributed by atoms with E-state index in [4.69, 9.17) is 14.7 Å². The lowest BCUT2D eigenvalue weighted by Gasteiger charge is -2.12. The number of nitro benzene ring substituents is 1. The van der Waals surface area contributed by atoms with E-state index in [9.17, 15) is 28.1 Å². The number of nitriles is 1. The van der Waals surface area contributed by atoms with Gasteiger partial charge in [-0.1, -0.05) is 24.3 Å². The minimum Gasteiger partial charge on any atom is -0.493 e. The zero-order valence-corrected chi connectivity index (χ0v) is 19.5. The van der Waals surface area contributed by atoms with E-state index >= 15 is 0 Å². The molecule has 0 unspecified atom stereocenters. The molecule has 0 saturated heterocycles. The Balaban J connectivity index is 1.91. The standard InChI is InChI=1S/C25H16F3N5O5/c1-37-21-12-15(11-20(33(35)36)22(21)38-10-9-29)14-30-32-23(16-5-4-6-17(13-16)25(26,27)28)31-19-8-3-2-7-18(19)24(32)34/h2-8,11-14H,10H2,1H3. The van der Waals surface area contributed by atoms with E-state index in [1.807, 2.05) is 0 Å². The number of ether oxygens (including phenoxy) is 2. The van der Waals surface area contributed by atoms with Gasteiger partial charge in [0.05, 0.1) is 34.7 Å². The largest absolute Gasteiger partial charge is 0.493 e. The number of nitrogens with zero attached hydrogens (tertiary/aromatic N) is 5. The Labute approximate surface area is 211 Å². The van der Waals surface area contributed by atoms with Crippen molar-refractivity contribution >= 4 is 22.8 Å². The monoisotopic (exact) mass is 523 g/mol. The first-order chi connectivity index (χ1) is 18.1. The molecule has 3 aromatic carbocycles. The predicted octanol–water partition coefficient (Wildman–Crippen LogP) is 4.78. The summed E-state index contributed by atoms with van der Waals surface area (Å²) in [5.41, 5.74) is -1.82. The second-order valence-corrected chi connectivity index (χ2v) is 7.67. The number of nitro groups is 1. The summed E-state index contributed by atoms with van der Waals surface area (Å²) in [6.45, 7) is -0.469. The van der Waals surface area contributed by atoms with E-state index in [1.54, 1.807) is 18.2 Å². The maximum atomic E-state index is 13.4. The zero-order chi connectivity index (χ0) is 27.4. The quantitative estimate of drug-likeness (QED) is 0.193. The third-order valence-electron chi connectivity index (χ3n) is 5.28. The van der Waals surface area contributed by atoms with Gasteiger partial charge in [-0.25, -0.2) is 4.98 Å². The molecule has 1 heterocycles. The Morgan fingerprint density at radius 2 is 1.95 bits per heavy atom. The van der Waals surface area contributed by atoms with Crippen molar-refractivity contribution in [1.82, 2.24) is 9.66 Å². The fourth-order valence-corrected chi connectivity index (χ4v) is 3.60. The number of para-hydroxylation sites is 1. The molecule has 4 rings (SSSR count). The first-order valence-corrected chi connectivity index (χ1v) is 10.7. The summed E-state index contributed by atoms with van der Waals surface area (Å²) >= 11 is 0. The Morgan fingerprint density at radius 1 is 1.18 bits per heavy atom. The summed E-state index contributed by atoms with van der Waals surface area (Å²) in [5.74, 6) is -0.519. The molecule has 0 spiro atoms. The molecule has 10 nitrogen and oxygen atoms in total. The van der Waals surface area contributed by atoms with Crippen molar-refractivity contribution in [3.8, 4) is 29.0 Å². The smallest absolute Gasteiger partial charge is 0.416 e. The van der Waals surface area contributed by atoms with Crippen LogP contribution in [-0.2, 0) is 6.18 Å². The molecule has 0 aliphatic carbocycles. The molecule has 38 heavy (non-hydrogen) atoms. The van der Waals surface area contributed by atoms with Gasteiger partial charge < -0.3 is 9.47 Å². The highest BCUT2D eigenvalue weighted by atomic mass is 19.4. The molecule has 0 fully saturated rings. The lowest BCUT2D eigenvalue weighted by atomic mass is 10.1. The Bertz CT molecular complexity index is 1680. The maximum Gasteiger partial charge on any atom is 0.416 e. The fraction of sp³-hybridized carbons (Fsp3) is 0.120. The number of methoxy groups -OCH3 is 1. The number of halogens is 3. The van der Waals surface area contributed by atoms with E-state index in [1.165, 1.54) is 37.4 Å². The number of alkyl halides is 3. The van der Waals surface area contributed by atoms with Gasteiger partial charge in [-0.05, 0) is 30.3 Å². The van der Waals surface area contributed by atoms with Gasteiger partial charge in [0.15, 0.2) is 18.2 Å². The van der Waals surface area contributed by atoms with Gasteiger partial charge in [0, 0.05) is 17.2 Å². The van der Waals surface area contributed by atoms with Gasteiger partial charge in [-0.2, -0.15) is 28.2 Å². The van der Waals surface area contributed by atoms with Crippen molar-refractivity contribution in [3.63, 3.8) is 0 Å². The molecule has 1 aromatic heterocycles. The Hall–Kier alpha value is -5.25. The first-order valence-electron chi connectivity index (χ1n) is 10.7. The summed E-state index contributed by atoms with van der Waals surface area (Å²) < 4.78 is 51.2. The van der Waals surface area contributed by atoms with Gasteiger partial charge in [0.25, 0.3) is 5.56 Å².